The van der Waals surface area contributed by atoms with Crippen molar-refractivity contribution >= 4 is 66.9 Å². The van der Waals surface area contributed by atoms with Crippen molar-refractivity contribution in [3.05, 3.63) is 170 Å². The van der Waals surface area contributed by atoms with E-state index in [9.17, 15) is 0 Å². The van der Waals surface area contributed by atoms with E-state index in [1.54, 1.807) is 0 Å². The molecule has 11 aromatic rings. The average molecular weight is 1180 g/mol. The van der Waals surface area contributed by atoms with Gasteiger partial charge in [-0.1, -0.05) is 72.8 Å². The fraction of sp³-hybridized carbons (Fsp3) is 0.176. The molecule has 5 heterocycles. The number of rotatable bonds is 12. The summed E-state index contributed by atoms with van der Waals surface area (Å²) >= 11 is 0. The molecule has 0 N–H and O–H groups in total. The predicted octanol–water partition coefficient (Wildman–Crippen LogP) is 14.1. The zero-order valence-corrected chi connectivity index (χ0v) is 52.8. The fourth-order valence-electron chi connectivity index (χ4n) is 10.4. The molecule has 0 fully saturated rings. The summed E-state index contributed by atoms with van der Waals surface area (Å²) in [5, 5.41) is 2.59. The summed E-state index contributed by atoms with van der Waals surface area (Å²) < 4.78 is 29.9. The Morgan fingerprint density at radius 3 is 0.929 bits per heavy atom. The van der Waals surface area contributed by atoms with Crippen LogP contribution in [0.25, 0.3) is 89.7 Å². The van der Waals surface area contributed by atoms with Crippen LogP contribution in [-0.2, 0) is 19.5 Å². The van der Waals surface area contributed by atoms with Crippen LogP contribution in [0.4, 0.5) is 22.7 Å². The molecule has 0 saturated heterocycles. The molecule has 3 aromatic heterocycles. The Bertz CT molecular complexity index is 4640. The second-order valence-corrected chi connectivity index (χ2v) is 24.6. The van der Waals surface area contributed by atoms with Crippen LogP contribution in [0.1, 0.15) is 0 Å². The zero-order chi connectivity index (χ0) is 58.5. The quantitative estimate of drug-likeness (QED) is 0.0849. The van der Waals surface area contributed by atoms with Crippen LogP contribution >= 0.6 is 0 Å². The first-order valence-corrected chi connectivity index (χ1v) is 27.7. The molecule has 418 valence electrons. The number of hydrogen-bond acceptors (Lipinski definition) is 10. The number of fused-ring (bicyclic) bond motifs is 20. The average Bonchev–Trinajstić information content (AvgIpc) is 1.95. The molecule has 0 amide bonds. The summed E-state index contributed by atoms with van der Waals surface area (Å²) in [4.78, 5) is 42.8. The molecule has 2 aliphatic heterocycles. The van der Waals surface area contributed by atoms with Gasteiger partial charge in [0.15, 0.2) is 0 Å². The van der Waals surface area contributed by atoms with E-state index >= 15 is 0 Å². The number of hydrogen-bond donors (Lipinski definition) is 0. The normalized spacial score (nSPS) is 12.4. The molecule has 0 saturated carbocycles. The van der Waals surface area contributed by atoms with Gasteiger partial charge in [-0.2, -0.15) is 0 Å². The standard InChI is InChI=1S/C68H64N12O4.Zn/c1-77(2,3)41-21-13-25-45(37-41)81-53-33-17-29-49-57(53)65-70-61(49)69-62-50-30-18-34-54(82-46-26-14-22-42(38-46)78(4,5)6)58(50)66(71-62)73-64-52-32-20-36-56(84-48-28-16-24-44(40-48)80(10,11)12)60(52)68(75-64)76-67-59-51(63(72-65)74-67)31-19-35-55(59)83-47-27-15-23-43(39-47)79(7,8)9;/h13-40H,1-12H3;/q2*+2. The van der Waals surface area contributed by atoms with E-state index in [0.717, 1.165) is 22.7 Å². The molecule has 8 bridgehead atoms. The number of quaternary nitrogens is 4. The van der Waals surface area contributed by atoms with Gasteiger partial charge in [0.1, 0.15) is 68.7 Å². The van der Waals surface area contributed by atoms with Crippen LogP contribution < -0.4 is 46.8 Å². The first-order chi connectivity index (χ1) is 40.1. The van der Waals surface area contributed by atoms with Crippen molar-refractivity contribution in [2.24, 2.45) is 0 Å². The van der Waals surface area contributed by atoms with Crippen LogP contribution in [-0.4, -0.2) is 114 Å². The summed E-state index contributed by atoms with van der Waals surface area (Å²) in [6.45, 7) is 0. The molecule has 0 aliphatic carbocycles. The Morgan fingerprint density at radius 1 is 0.294 bits per heavy atom. The third-order valence-electron chi connectivity index (χ3n) is 14.9. The van der Waals surface area contributed by atoms with Gasteiger partial charge in [0.25, 0.3) is 0 Å². The monoisotopic (exact) mass is 1180 g/mol. The second-order valence-electron chi connectivity index (χ2n) is 24.6. The van der Waals surface area contributed by atoms with E-state index in [1.165, 1.54) is 0 Å². The van der Waals surface area contributed by atoms with Crippen molar-refractivity contribution in [1.82, 2.24) is 57.8 Å². The summed E-state index contributed by atoms with van der Waals surface area (Å²) in [5.74, 6) is 6.03. The smallest absolute Gasteiger partial charge is 0.456 e. The minimum atomic E-state index is 0. The molecule has 0 spiro atoms. The van der Waals surface area contributed by atoms with Gasteiger partial charge in [0.2, 0.25) is 0 Å². The van der Waals surface area contributed by atoms with Gasteiger partial charge in [-0.15, -0.1) is 0 Å². The van der Waals surface area contributed by atoms with Crippen LogP contribution in [0, 0.1) is 0 Å². The topological polar surface area (TPSA) is 142 Å². The summed E-state index contributed by atoms with van der Waals surface area (Å²) in [6.07, 6.45) is 0. The van der Waals surface area contributed by atoms with E-state index in [-0.39, 0.29) is 19.5 Å². The van der Waals surface area contributed by atoms with Crippen molar-refractivity contribution in [2.45, 2.75) is 0 Å². The maximum absolute atomic E-state index is 6.90. The van der Waals surface area contributed by atoms with E-state index in [1.807, 2.05) is 146 Å². The first kappa shape index (κ1) is 56.3. The molecule has 16 nitrogen and oxygen atoms in total. The summed E-state index contributed by atoms with van der Waals surface area (Å²) in [6, 6.07) is 55.7. The van der Waals surface area contributed by atoms with Gasteiger partial charge in [-0.25, -0.2) is 9.97 Å². The van der Waals surface area contributed by atoms with Crippen molar-refractivity contribution in [3.8, 4) is 91.5 Å². The Morgan fingerprint density at radius 2 is 0.576 bits per heavy atom. The van der Waals surface area contributed by atoms with Gasteiger partial charge in [-0.3, -0.25) is 17.9 Å². The van der Waals surface area contributed by atoms with Crippen LogP contribution in [0.2, 0.25) is 0 Å². The van der Waals surface area contributed by atoms with E-state index < -0.39 is 0 Å². The zero-order valence-electron chi connectivity index (χ0n) is 49.9. The molecule has 0 atom stereocenters. The maximum atomic E-state index is 6.90. The molecule has 0 unspecified atom stereocenters. The summed E-state index contributed by atoms with van der Waals surface area (Å²) in [5.41, 5.74) is 8.20. The predicted molar refractivity (Wildman–Crippen MR) is 338 cm³/mol. The van der Waals surface area contributed by atoms with Crippen molar-refractivity contribution in [3.63, 3.8) is 0 Å². The number of ether oxygens (including phenoxy) is 4. The van der Waals surface area contributed by atoms with Gasteiger partial charge in [-0.05, 0) is 83.6 Å². The minimum Gasteiger partial charge on any atom is -0.456 e. The molecular weight excluding hydrogens is 1110 g/mol. The molecular formula is C68H64N12O4Zn+4. The van der Waals surface area contributed by atoms with Crippen LogP contribution in [0.3, 0.4) is 0 Å². The Labute approximate surface area is 506 Å². The maximum Gasteiger partial charge on any atom is 2.00 e. The largest absolute Gasteiger partial charge is 2.00 e. The fourth-order valence-corrected chi connectivity index (χ4v) is 10.4. The van der Waals surface area contributed by atoms with Gasteiger partial charge in [0, 0.05) is 68.8 Å². The summed E-state index contributed by atoms with van der Waals surface area (Å²) in [7, 11) is 25.5. The molecule has 17 heteroatoms. The third kappa shape index (κ3) is 10.9. The van der Waals surface area contributed by atoms with Crippen LogP contribution in [0.5, 0.6) is 46.0 Å². The molecule has 0 radical (unpaired) electrons. The number of benzene rings is 8. The van der Waals surface area contributed by atoms with Crippen molar-refractivity contribution in [1.29, 1.82) is 0 Å². The van der Waals surface area contributed by atoms with Crippen molar-refractivity contribution < 1.29 is 38.4 Å². The molecule has 2 aliphatic rings. The Kier molecular flexibility index (Phi) is 14.0. The van der Waals surface area contributed by atoms with E-state index in [2.05, 4.69) is 109 Å². The second kappa shape index (κ2) is 21.1. The Balaban J connectivity index is 0.00000709. The molecule has 85 heavy (non-hydrogen) atoms. The molecule has 8 aromatic carbocycles. The third-order valence-corrected chi connectivity index (χ3v) is 14.9. The first-order valence-electron chi connectivity index (χ1n) is 27.7. The van der Waals surface area contributed by atoms with E-state index in [0.29, 0.717) is 154 Å². The van der Waals surface area contributed by atoms with Gasteiger partial charge >= 0.3 is 19.5 Å². The van der Waals surface area contributed by atoms with Gasteiger partial charge in [0.05, 0.1) is 119 Å². The number of aromatic nitrogens is 8. The minimum absolute atomic E-state index is 0. The number of nitrogens with zero attached hydrogens (tertiary/aromatic N) is 12. The van der Waals surface area contributed by atoms with Crippen molar-refractivity contribution in [2.75, 3.05) is 84.6 Å². The van der Waals surface area contributed by atoms with Gasteiger partial charge < -0.3 is 48.9 Å². The van der Waals surface area contributed by atoms with E-state index in [4.69, 9.17) is 58.8 Å². The Hall–Kier alpha value is -9.22. The van der Waals surface area contributed by atoms with Crippen LogP contribution in [0.15, 0.2) is 170 Å². The molecule has 13 rings (SSSR count). The SMILES string of the molecule is C[N+](C)(C)c1cccc(Oc2cccc3c2-c2nc-3nc3[n-]c(nc4nc(nc5[n-]c(n2)c2cccc(Oc6cccc([N+](C)(C)C)c6)c52)-c2c(Oc5cccc([N+](C)(C)C)c5)cccc2-4)c2c(Oc4cccc([N+](C)(C)C)c4)cccc32)c1.[Zn+2].